The number of anilines is 1. The van der Waals surface area contributed by atoms with Crippen molar-refractivity contribution in [2.24, 2.45) is 0 Å². The molecule has 2 heterocycles. The Morgan fingerprint density at radius 2 is 2.17 bits per heavy atom. The van der Waals surface area contributed by atoms with Crippen molar-refractivity contribution in [1.82, 2.24) is 10.2 Å². The van der Waals surface area contributed by atoms with E-state index in [-0.39, 0.29) is 11.9 Å². The van der Waals surface area contributed by atoms with Crippen LogP contribution in [0.5, 0.6) is 0 Å². The van der Waals surface area contributed by atoms with Crippen LogP contribution in [0.3, 0.4) is 0 Å². The number of rotatable bonds is 1. The Hall–Kier alpha value is -1.39. The molecule has 2 aliphatic rings. The van der Waals surface area contributed by atoms with Gasteiger partial charge in [-0.3, -0.25) is 9.69 Å². The zero-order valence-corrected chi connectivity index (χ0v) is 10.7. The van der Waals surface area contributed by atoms with Crippen LogP contribution in [-0.2, 0) is 4.79 Å². The molecule has 0 radical (unpaired) electrons. The van der Waals surface area contributed by atoms with Gasteiger partial charge in [0.1, 0.15) is 6.04 Å². The van der Waals surface area contributed by atoms with Gasteiger partial charge in [-0.15, -0.1) is 0 Å². The van der Waals surface area contributed by atoms with Crippen LogP contribution in [0.2, 0.25) is 0 Å². The number of aryl methyl sites for hydroxylation is 1. The SMILES string of the molecule is Cc1cccc2c1NC(=O)C2N1CCCNCC1. The second-order valence-electron chi connectivity index (χ2n) is 5.07. The third kappa shape index (κ3) is 1.91. The van der Waals surface area contributed by atoms with Gasteiger partial charge in [0, 0.05) is 30.9 Å². The molecule has 1 amide bonds. The number of carbonyl (C=O) groups is 1. The van der Waals surface area contributed by atoms with Crippen LogP contribution in [-0.4, -0.2) is 37.0 Å². The van der Waals surface area contributed by atoms with Crippen LogP contribution in [0, 0.1) is 6.92 Å². The first-order valence-electron chi connectivity index (χ1n) is 6.62. The first-order valence-corrected chi connectivity index (χ1v) is 6.62. The van der Waals surface area contributed by atoms with E-state index in [9.17, 15) is 4.79 Å². The number of nitrogens with zero attached hydrogens (tertiary/aromatic N) is 1. The fourth-order valence-electron chi connectivity index (χ4n) is 2.91. The standard InChI is InChI=1S/C14H19N3O/c1-10-4-2-5-11-12(10)16-14(18)13(11)17-8-3-6-15-7-9-17/h2,4-5,13,15H,3,6-9H2,1H3,(H,16,18). The Morgan fingerprint density at radius 3 is 3.06 bits per heavy atom. The lowest BCUT2D eigenvalue weighted by atomic mass is 10.0. The Kier molecular flexibility index (Phi) is 3.06. The minimum atomic E-state index is -0.0974. The molecule has 4 nitrogen and oxygen atoms in total. The number of hydrogen-bond donors (Lipinski definition) is 2. The van der Waals surface area contributed by atoms with E-state index < -0.39 is 0 Å². The highest BCUT2D eigenvalue weighted by Gasteiger charge is 2.35. The molecule has 2 aliphatic heterocycles. The number of para-hydroxylation sites is 1. The maximum Gasteiger partial charge on any atom is 0.246 e. The number of benzene rings is 1. The quantitative estimate of drug-likeness (QED) is 0.783. The van der Waals surface area contributed by atoms with E-state index in [1.807, 2.05) is 19.1 Å². The molecule has 1 aromatic carbocycles. The van der Waals surface area contributed by atoms with Gasteiger partial charge in [0.25, 0.3) is 0 Å². The van der Waals surface area contributed by atoms with Gasteiger partial charge in [0.05, 0.1) is 0 Å². The van der Waals surface area contributed by atoms with Crippen molar-refractivity contribution >= 4 is 11.6 Å². The van der Waals surface area contributed by atoms with Crippen molar-refractivity contribution in [3.05, 3.63) is 29.3 Å². The zero-order chi connectivity index (χ0) is 12.5. The van der Waals surface area contributed by atoms with E-state index in [2.05, 4.69) is 21.6 Å². The van der Waals surface area contributed by atoms with Crippen LogP contribution >= 0.6 is 0 Å². The second-order valence-corrected chi connectivity index (χ2v) is 5.07. The van der Waals surface area contributed by atoms with E-state index in [1.54, 1.807) is 0 Å². The molecule has 0 aromatic heterocycles. The fourth-order valence-corrected chi connectivity index (χ4v) is 2.91. The number of fused-ring (bicyclic) bond motifs is 1. The molecule has 2 N–H and O–H groups in total. The van der Waals surface area contributed by atoms with Crippen LogP contribution in [0.25, 0.3) is 0 Å². The lowest BCUT2D eigenvalue weighted by Crippen LogP contribution is -2.35. The van der Waals surface area contributed by atoms with Gasteiger partial charge in [-0.05, 0) is 25.5 Å². The average molecular weight is 245 g/mol. The van der Waals surface area contributed by atoms with Crippen LogP contribution in [0.4, 0.5) is 5.69 Å². The molecule has 1 saturated heterocycles. The molecule has 0 saturated carbocycles. The molecule has 1 atom stereocenters. The van der Waals surface area contributed by atoms with Gasteiger partial charge >= 0.3 is 0 Å². The normalized spacial score (nSPS) is 24.5. The number of carbonyl (C=O) groups excluding carboxylic acids is 1. The molecule has 3 rings (SSSR count). The number of hydrogen-bond acceptors (Lipinski definition) is 3. The van der Waals surface area contributed by atoms with E-state index in [4.69, 9.17) is 0 Å². The highest BCUT2D eigenvalue weighted by Crippen LogP contribution is 2.36. The van der Waals surface area contributed by atoms with Crippen LogP contribution in [0.15, 0.2) is 18.2 Å². The lowest BCUT2D eigenvalue weighted by Gasteiger charge is -2.25. The van der Waals surface area contributed by atoms with Crippen LogP contribution in [0.1, 0.15) is 23.6 Å². The number of nitrogens with one attached hydrogen (secondary N) is 2. The summed E-state index contributed by atoms with van der Waals surface area (Å²) in [5.41, 5.74) is 3.31. The topological polar surface area (TPSA) is 44.4 Å². The van der Waals surface area contributed by atoms with Crippen molar-refractivity contribution < 1.29 is 4.79 Å². The molecule has 1 unspecified atom stereocenters. The van der Waals surface area contributed by atoms with Crippen molar-refractivity contribution in [3.8, 4) is 0 Å². The predicted octanol–water partition coefficient (Wildman–Crippen LogP) is 1.28. The monoisotopic (exact) mass is 245 g/mol. The molecule has 18 heavy (non-hydrogen) atoms. The third-order valence-electron chi connectivity index (χ3n) is 3.84. The van der Waals surface area contributed by atoms with Gasteiger partial charge in [0.15, 0.2) is 0 Å². The molecule has 96 valence electrons. The summed E-state index contributed by atoms with van der Waals surface area (Å²) >= 11 is 0. The number of amides is 1. The first kappa shape index (κ1) is 11.7. The molecule has 1 aromatic rings. The molecule has 0 aliphatic carbocycles. The lowest BCUT2D eigenvalue weighted by molar-refractivity contribution is -0.120. The molecule has 0 spiro atoms. The average Bonchev–Trinajstić information content (AvgIpc) is 2.54. The van der Waals surface area contributed by atoms with E-state index in [0.717, 1.165) is 49.4 Å². The van der Waals surface area contributed by atoms with Gasteiger partial charge < -0.3 is 10.6 Å². The predicted molar refractivity (Wildman–Crippen MR) is 71.6 cm³/mol. The summed E-state index contributed by atoms with van der Waals surface area (Å²) in [5.74, 6) is 0.126. The summed E-state index contributed by atoms with van der Waals surface area (Å²) in [5, 5.41) is 6.41. The Labute approximate surface area is 107 Å². The highest BCUT2D eigenvalue weighted by atomic mass is 16.2. The largest absolute Gasteiger partial charge is 0.324 e. The van der Waals surface area contributed by atoms with E-state index in [1.165, 1.54) is 0 Å². The first-order chi connectivity index (χ1) is 8.77. The minimum absolute atomic E-state index is 0.0974. The summed E-state index contributed by atoms with van der Waals surface area (Å²) in [6.45, 7) is 5.98. The Morgan fingerprint density at radius 1 is 1.28 bits per heavy atom. The van der Waals surface area contributed by atoms with E-state index in [0.29, 0.717) is 0 Å². The van der Waals surface area contributed by atoms with Gasteiger partial charge in [-0.2, -0.15) is 0 Å². The molecule has 0 bridgehead atoms. The summed E-state index contributed by atoms with van der Waals surface area (Å²) in [6, 6.07) is 6.06. The van der Waals surface area contributed by atoms with Crippen molar-refractivity contribution in [2.45, 2.75) is 19.4 Å². The maximum absolute atomic E-state index is 12.2. The highest BCUT2D eigenvalue weighted by molar-refractivity contribution is 6.03. The molecule has 1 fully saturated rings. The molecule has 4 heteroatoms. The van der Waals surface area contributed by atoms with E-state index >= 15 is 0 Å². The van der Waals surface area contributed by atoms with Gasteiger partial charge in [-0.25, -0.2) is 0 Å². The minimum Gasteiger partial charge on any atom is -0.324 e. The van der Waals surface area contributed by atoms with Crippen molar-refractivity contribution in [3.63, 3.8) is 0 Å². The second kappa shape index (κ2) is 4.71. The van der Waals surface area contributed by atoms with Crippen LogP contribution < -0.4 is 10.6 Å². The van der Waals surface area contributed by atoms with Gasteiger partial charge in [0.2, 0.25) is 5.91 Å². The fraction of sp³-hybridized carbons (Fsp3) is 0.500. The molecular weight excluding hydrogens is 226 g/mol. The Bertz CT molecular complexity index is 464. The van der Waals surface area contributed by atoms with Crippen molar-refractivity contribution in [2.75, 3.05) is 31.5 Å². The smallest absolute Gasteiger partial charge is 0.246 e. The van der Waals surface area contributed by atoms with Crippen molar-refractivity contribution in [1.29, 1.82) is 0 Å². The van der Waals surface area contributed by atoms with Gasteiger partial charge in [-0.1, -0.05) is 18.2 Å². The summed E-state index contributed by atoms with van der Waals surface area (Å²) in [6.07, 6.45) is 1.10. The summed E-state index contributed by atoms with van der Waals surface area (Å²) in [7, 11) is 0. The summed E-state index contributed by atoms with van der Waals surface area (Å²) in [4.78, 5) is 14.5. The molecular formula is C14H19N3O. The maximum atomic E-state index is 12.2. The summed E-state index contributed by atoms with van der Waals surface area (Å²) < 4.78 is 0. The third-order valence-corrected chi connectivity index (χ3v) is 3.84. The Balaban J connectivity index is 1.93. The zero-order valence-electron chi connectivity index (χ0n) is 10.7.